The average molecular weight is 432 g/mol. The van der Waals surface area contributed by atoms with Crippen LogP contribution in [-0.2, 0) is 6.54 Å². The van der Waals surface area contributed by atoms with E-state index in [9.17, 15) is 14.0 Å². The second-order valence-corrected chi connectivity index (χ2v) is 7.30. The van der Waals surface area contributed by atoms with E-state index < -0.39 is 0 Å². The van der Waals surface area contributed by atoms with Crippen LogP contribution in [0.5, 0.6) is 5.75 Å². The molecule has 0 radical (unpaired) electrons. The Labute approximate surface area is 183 Å². The van der Waals surface area contributed by atoms with Crippen LogP contribution in [0.15, 0.2) is 72.0 Å². The van der Waals surface area contributed by atoms with Crippen molar-refractivity contribution in [3.63, 3.8) is 0 Å². The minimum absolute atomic E-state index is 0.206. The maximum atomic E-state index is 13.2. The third-order valence-corrected chi connectivity index (χ3v) is 4.96. The lowest BCUT2D eigenvalue weighted by atomic mass is 10.2. The van der Waals surface area contributed by atoms with E-state index in [1.165, 1.54) is 29.0 Å². The molecule has 0 atom stereocenters. The Morgan fingerprint density at radius 1 is 1.12 bits per heavy atom. The zero-order valence-corrected chi connectivity index (χ0v) is 17.6. The Hall–Kier alpha value is -4.20. The summed E-state index contributed by atoms with van der Waals surface area (Å²) in [6, 6.07) is 12.8. The van der Waals surface area contributed by atoms with Gasteiger partial charge >= 0.3 is 0 Å². The summed E-state index contributed by atoms with van der Waals surface area (Å²) in [5, 5.41) is 3.08. The van der Waals surface area contributed by atoms with Crippen molar-refractivity contribution in [2.24, 2.45) is 0 Å². The molecular weight excluding hydrogens is 411 g/mol. The molecule has 0 aliphatic carbocycles. The molecule has 2 aromatic carbocycles. The van der Waals surface area contributed by atoms with Crippen molar-refractivity contribution in [1.29, 1.82) is 0 Å². The number of hydrogen-bond acceptors (Lipinski definition) is 5. The molecule has 0 saturated heterocycles. The van der Waals surface area contributed by atoms with Gasteiger partial charge < -0.3 is 19.2 Å². The van der Waals surface area contributed by atoms with Crippen molar-refractivity contribution in [1.82, 2.24) is 14.1 Å². The van der Waals surface area contributed by atoms with Crippen LogP contribution >= 0.6 is 0 Å². The van der Waals surface area contributed by atoms with Crippen LogP contribution in [0.2, 0.25) is 0 Å². The highest BCUT2D eigenvalue weighted by Gasteiger charge is 2.11. The molecular formula is C24H21FN4O3. The molecule has 1 N–H and O–H groups in total. The van der Waals surface area contributed by atoms with Gasteiger partial charge in [-0.2, -0.15) is 0 Å². The van der Waals surface area contributed by atoms with Gasteiger partial charge in [0.2, 0.25) is 0 Å². The second-order valence-electron chi connectivity index (χ2n) is 7.30. The molecule has 7 nitrogen and oxygen atoms in total. The summed E-state index contributed by atoms with van der Waals surface area (Å²) in [6.45, 7) is 2.10. The number of methoxy groups -OCH3 is 1. The van der Waals surface area contributed by atoms with E-state index in [0.717, 1.165) is 16.9 Å². The maximum absolute atomic E-state index is 13.2. The largest absolute Gasteiger partial charge is 0.494 e. The van der Waals surface area contributed by atoms with E-state index in [1.54, 1.807) is 31.6 Å². The monoisotopic (exact) mass is 432 g/mol. The summed E-state index contributed by atoms with van der Waals surface area (Å²) < 4.78 is 22.0. The molecule has 162 valence electrons. The van der Waals surface area contributed by atoms with Crippen molar-refractivity contribution in [3.05, 3.63) is 100 Å². The van der Waals surface area contributed by atoms with Crippen molar-refractivity contribution in [2.45, 2.75) is 13.5 Å². The summed E-state index contributed by atoms with van der Waals surface area (Å²) in [5.41, 5.74) is 3.31. The van der Waals surface area contributed by atoms with Crippen molar-refractivity contribution >= 4 is 17.7 Å². The Morgan fingerprint density at radius 3 is 2.56 bits per heavy atom. The number of nitrogens with one attached hydrogen (secondary N) is 1. The molecule has 0 bridgehead atoms. The fraction of sp³-hybridized carbons (Fsp3) is 0.125. The van der Waals surface area contributed by atoms with E-state index >= 15 is 0 Å². The summed E-state index contributed by atoms with van der Waals surface area (Å²) in [6.07, 6.45) is 5.74. The number of hydrogen-bond donors (Lipinski definition) is 1. The summed E-state index contributed by atoms with van der Waals surface area (Å²) in [4.78, 5) is 28.7. The average Bonchev–Trinajstić information content (AvgIpc) is 3.23. The molecule has 0 aliphatic heterocycles. The minimum atomic E-state index is -0.353. The molecule has 32 heavy (non-hydrogen) atoms. The molecule has 4 rings (SSSR count). The van der Waals surface area contributed by atoms with Crippen LogP contribution in [0, 0.1) is 12.7 Å². The summed E-state index contributed by atoms with van der Waals surface area (Å²) in [7, 11) is 1.56. The first-order chi connectivity index (χ1) is 15.5. The van der Waals surface area contributed by atoms with Gasteiger partial charge in [-0.15, -0.1) is 0 Å². The number of carbonyl (C=O) groups is 1. The van der Waals surface area contributed by atoms with Crippen LogP contribution in [-0.4, -0.2) is 27.5 Å². The lowest BCUT2D eigenvalue weighted by molar-refractivity contribution is 0.112. The fourth-order valence-electron chi connectivity index (χ4n) is 3.39. The molecule has 0 amide bonds. The van der Waals surface area contributed by atoms with Crippen molar-refractivity contribution in [3.8, 4) is 11.4 Å². The van der Waals surface area contributed by atoms with Gasteiger partial charge in [-0.05, 0) is 42.8 Å². The van der Waals surface area contributed by atoms with Crippen molar-refractivity contribution in [2.75, 3.05) is 12.4 Å². The third-order valence-electron chi connectivity index (χ3n) is 4.96. The first-order valence-corrected chi connectivity index (χ1v) is 9.87. The van der Waals surface area contributed by atoms with Gasteiger partial charge in [0.1, 0.15) is 17.3 Å². The number of carbonyl (C=O) groups excluding carboxylic acids is 1. The number of rotatable bonds is 7. The molecule has 0 aliphatic rings. The molecule has 2 aromatic heterocycles. The van der Waals surface area contributed by atoms with E-state index in [1.807, 2.05) is 29.8 Å². The summed E-state index contributed by atoms with van der Waals surface area (Å²) >= 11 is 0. The highest BCUT2D eigenvalue weighted by molar-refractivity contribution is 5.77. The number of aldehydes is 1. The number of benzene rings is 2. The number of imidazole rings is 1. The molecule has 0 unspecified atom stereocenters. The molecule has 0 fully saturated rings. The zero-order chi connectivity index (χ0) is 22.7. The van der Waals surface area contributed by atoms with Crippen LogP contribution < -0.4 is 15.6 Å². The van der Waals surface area contributed by atoms with E-state index in [-0.39, 0.29) is 23.6 Å². The number of ether oxygens (including phenoxy) is 1. The first kappa shape index (κ1) is 21.0. The zero-order valence-electron chi connectivity index (χ0n) is 17.6. The van der Waals surface area contributed by atoms with E-state index in [2.05, 4.69) is 10.3 Å². The Kier molecular flexibility index (Phi) is 5.85. The minimum Gasteiger partial charge on any atom is -0.494 e. The molecule has 2 heterocycles. The number of nitrogens with zero attached hydrogens (tertiary/aromatic N) is 3. The van der Waals surface area contributed by atoms with Gasteiger partial charge in [0.15, 0.2) is 6.29 Å². The number of anilines is 2. The highest BCUT2D eigenvalue weighted by atomic mass is 19.1. The van der Waals surface area contributed by atoms with Gasteiger partial charge in [-0.3, -0.25) is 9.59 Å². The SMILES string of the molecule is COc1cc(Nc2cc(C=O)cn(Cc3ccc(F)cc3)c2=O)ccc1-n1cnc(C)c1. The Morgan fingerprint density at radius 2 is 1.91 bits per heavy atom. The summed E-state index contributed by atoms with van der Waals surface area (Å²) in [5.74, 6) is 0.235. The quantitative estimate of drug-likeness (QED) is 0.445. The number of aryl methyl sites for hydroxylation is 1. The van der Waals surface area contributed by atoms with E-state index in [0.29, 0.717) is 23.3 Å². The van der Waals surface area contributed by atoms with Gasteiger partial charge in [-0.25, -0.2) is 9.37 Å². The third kappa shape index (κ3) is 4.44. The predicted molar refractivity (Wildman–Crippen MR) is 120 cm³/mol. The number of pyridine rings is 1. The van der Waals surface area contributed by atoms with Crippen LogP contribution in [0.3, 0.4) is 0 Å². The Balaban J connectivity index is 1.67. The first-order valence-electron chi connectivity index (χ1n) is 9.87. The maximum Gasteiger partial charge on any atom is 0.274 e. The smallest absolute Gasteiger partial charge is 0.274 e. The lowest BCUT2D eigenvalue weighted by Gasteiger charge is -2.14. The number of halogens is 1. The van der Waals surface area contributed by atoms with Gasteiger partial charge in [0.25, 0.3) is 5.56 Å². The van der Waals surface area contributed by atoms with Crippen molar-refractivity contribution < 1.29 is 13.9 Å². The Bertz CT molecular complexity index is 1330. The number of aromatic nitrogens is 3. The van der Waals surface area contributed by atoms with Gasteiger partial charge in [0.05, 0.1) is 31.4 Å². The molecule has 4 aromatic rings. The normalized spacial score (nSPS) is 10.7. The van der Waals surface area contributed by atoms with Crippen LogP contribution in [0.1, 0.15) is 21.6 Å². The lowest BCUT2D eigenvalue weighted by Crippen LogP contribution is -2.23. The predicted octanol–water partition coefficient (Wildman–Crippen LogP) is 4.09. The fourth-order valence-corrected chi connectivity index (χ4v) is 3.39. The molecule has 0 spiro atoms. The molecule has 0 saturated carbocycles. The van der Waals surface area contributed by atoms with Crippen LogP contribution in [0.25, 0.3) is 5.69 Å². The standard InChI is InChI=1S/C24H21FN4O3/c1-16-11-29(15-26-16)22-8-7-20(10-23(22)32-2)27-21-9-18(14-30)13-28(24(21)31)12-17-3-5-19(25)6-4-17/h3-11,13-15,27H,12H2,1-2H3. The highest BCUT2D eigenvalue weighted by Crippen LogP contribution is 2.28. The molecule has 8 heteroatoms. The second kappa shape index (κ2) is 8.89. The van der Waals surface area contributed by atoms with Crippen LogP contribution in [0.4, 0.5) is 15.8 Å². The topological polar surface area (TPSA) is 78.1 Å². The van der Waals surface area contributed by atoms with Gasteiger partial charge in [0, 0.05) is 29.7 Å². The van der Waals surface area contributed by atoms with Gasteiger partial charge in [-0.1, -0.05) is 12.1 Å². The van der Waals surface area contributed by atoms with E-state index in [4.69, 9.17) is 4.74 Å².